The van der Waals surface area contributed by atoms with E-state index in [0.29, 0.717) is 21.7 Å². The van der Waals surface area contributed by atoms with Gasteiger partial charge < -0.3 is 23.9 Å². The molecular formula is C23H22ClNO6S. The Kier molecular flexibility index (Phi) is 6.28. The maximum atomic E-state index is 13.5. The molecule has 1 aromatic carbocycles. The van der Waals surface area contributed by atoms with Crippen LogP contribution in [0, 0.1) is 0 Å². The number of carbonyl (C=O) groups excluding carboxylic acids is 2. The van der Waals surface area contributed by atoms with E-state index in [1.807, 2.05) is 31.4 Å². The second-order valence-electron chi connectivity index (χ2n) is 7.56. The monoisotopic (exact) mass is 475 g/mol. The van der Waals surface area contributed by atoms with Crippen LogP contribution in [-0.4, -0.2) is 48.1 Å². The van der Waals surface area contributed by atoms with Gasteiger partial charge in [0.05, 0.1) is 31.4 Å². The molecule has 0 aliphatic carbocycles. The number of benzene rings is 1. The number of carbonyl (C=O) groups is 2. The summed E-state index contributed by atoms with van der Waals surface area (Å²) in [6.45, 7) is 4.30. The zero-order chi connectivity index (χ0) is 23.0. The highest BCUT2D eigenvalue weighted by molar-refractivity contribution is 7.10. The van der Waals surface area contributed by atoms with Gasteiger partial charge in [0.25, 0.3) is 5.91 Å². The van der Waals surface area contributed by atoms with E-state index in [1.165, 1.54) is 29.4 Å². The molecule has 0 radical (unpaired) electrons. The van der Waals surface area contributed by atoms with E-state index >= 15 is 0 Å². The van der Waals surface area contributed by atoms with E-state index in [4.69, 9.17) is 25.5 Å². The van der Waals surface area contributed by atoms with Crippen LogP contribution in [0.4, 0.5) is 0 Å². The van der Waals surface area contributed by atoms with Crippen molar-refractivity contribution < 1.29 is 28.6 Å². The summed E-state index contributed by atoms with van der Waals surface area (Å²) in [5.41, 5.74) is 0.339. The number of aliphatic hydroxyl groups excluding tert-OH is 1. The standard InChI is InChI=1S/C23H22ClNO6S/c1-12(2)30-7-6-25-19(17-5-4-8-32-17)18(21(27)23(25)28)20(26)15-10-13-9-14(24)11-16(29-3)22(13)31-15/h4-5,8-12,19,27H,6-7H2,1-3H3. The first kappa shape index (κ1) is 22.4. The minimum Gasteiger partial charge on any atom is -0.503 e. The van der Waals surface area contributed by atoms with Crippen molar-refractivity contribution in [3.8, 4) is 5.75 Å². The first-order chi connectivity index (χ1) is 15.3. The molecule has 0 fully saturated rings. The number of fused-ring (bicyclic) bond motifs is 1. The predicted octanol–water partition coefficient (Wildman–Crippen LogP) is 5.16. The maximum Gasteiger partial charge on any atom is 0.290 e. The lowest BCUT2D eigenvalue weighted by Gasteiger charge is -2.25. The normalized spacial score (nSPS) is 16.6. The molecule has 1 atom stereocenters. The Hall–Kier alpha value is -2.81. The lowest BCUT2D eigenvalue weighted by atomic mass is 10.00. The molecule has 1 aliphatic rings. The highest BCUT2D eigenvalue weighted by Crippen LogP contribution is 2.41. The van der Waals surface area contributed by atoms with Crippen LogP contribution in [0.2, 0.25) is 5.02 Å². The minimum absolute atomic E-state index is 0.00657. The average Bonchev–Trinajstić information content (AvgIpc) is 3.47. The third-order valence-electron chi connectivity index (χ3n) is 5.14. The predicted molar refractivity (Wildman–Crippen MR) is 122 cm³/mol. The van der Waals surface area contributed by atoms with Crippen LogP contribution in [0.15, 0.2) is 51.5 Å². The maximum absolute atomic E-state index is 13.5. The number of Topliss-reactive ketones (excluding diaryl/α,β-unsaturated/α-hetero) is 1. The summed E-state index contributed by atoms with van der Waals surface area (Å²) in [6, 6.07) is 7.70. The van der Waals surface area contributed by atoms with Crippen LogP contribution in [0.3, 0.4) is 0 Å². The quantitative estimate of drug-likeness (QED) is 0.453. The molecule has 168 valence electrons. The van der Waals surface area contributed by atoms with Crippen molar-refractivity contribution in [1.82, 2.24) is 4.90 Å². The first-order valence-corrected chi connectivity index (χ1v) is 11.3. The van der Waals surface area contributed by atoms with E-state index in [0.717, 1.165) is 4.88 Å². The number of aliphatic hydroxyl groups is 1. The number of hydrogen-bond donors (Lipinski definition) is 1. The average molecular weight is 476 g/mol. The molecule has 3 heterocycles. The van der Waals surface area contributed by atoms with E-state index in [1.54, 1.807) is 12.1 Å². The van der Waals surface area contributed by atoms with Gasteiger partial charge >= 0.3 is 0 Å². The lowest BCUT2D eigenvalue weighted by Crippen LogP contribution is -2.34. The third-order valence-corrected chi connectivity index (χ3v) is 6.28. The van der Waals surface area contributed by atoms with Crippen molar-refractivity contribution >= 4 is 45.6 Å². The molecule has 3 aromatic rings. The summed E-state index contributed by atoms with van der Waals surface area (Å²) in [5.74, 6) is -1.40. The van der Waals surface area contributed by atoms with Crippen molar-refractivity contribution in [2.45, 2.75) is 26.0 Å². The van der Waals surface area contributed by atoms with Crippen LogP contribution < -0.4 is 4.74 Å². The Morgan fingerprint density at radius 1 is 1.34 bits per heavy atom. The Labute approximate surface area is 193 Å². The Balaban J connectivity index is 1.74. The summed E-state index contributed by atoms with van der Waals surface area (Å²) in [7, 11) is 1.48. The zero-order valence-electron chi connectivity index (χ0n) is 17.8. The first-order valence-electron chi connectivity index (χ1n) is 10.0. The zero-order valence-corrected chi connectivity index (χ0v) is 19.3. The van der Waals surface area contributed by atoms with Gasteiger partial charge in [0, 0.05) is 27.9 Å². The summed E-state index contributed by atoms with van der Waals surface area (Å²) >= 11 is 7.52. The number of amides is 1. The smallest absolute Gasteiger partial charge is 0.290 e. The molecule has 1 N–H and O–H groups in total. The molecule has 1 unspecified atom stereocenters. The molecule has 4 rings (SSSR count). The van der Waals surface area contributed by atoms with Crippen molar-refractivity contribution in [2.75, 3.05) is 20.3 Å². The van der Waals surface area contributed by atoms with Gasteiger partial charge in [-0.1, -0.05) is 17.7 Å². The highest BCUT2D eigenvalue weighted by atomic mass is 35.5. The lowest BCUT2D eigenvalue weighted by molar-refractivity contribution is -0.130. The summed E-state index contributed by atoms with van der Waals surface area (Å²) in [5, 5.41) is 13.6. The van der Waals surface area contributed by atoms with Gasteiger partial charge in [-0.3, -0.25) is 9.59 Å². The summed E-state index contributed by atoms with van der Waals surface area (Å²) < 4.78 is 16.7. The van der Waals surface area contributed by atoms with Gasteiger partial charge in [-0.05, 0) is 37.4 Å². The molecule has 1 amide bonds. The molecule has 0 saturated carbocycles. The van der Waals surface area contributed by atoms with E-state index in [-0.39, 0.29) is 30.6 Å². The summed E-state index contributed by atoms with van der Waals surface area (Å²) in [4.78, 5) is 28.6. The second-order valence-corrected chi connectivity index (χ2v) is 8.98. The van der Waals surface area contributed by atoms with Gasteiger partial charge in [-0.15, -0.1) is 11.3 Å². The molecule has 0 bridgehead atoms. The second kappa shape index (κ2) is 8.97. The molecule has 7 nitrogen and oxygen atoms in total. The van der Waals surface area contributed by atoms with E-state index in [9.17, 15) is 14.7 Å². The topological polar surface area (TPSA) is 89.2 Å². The highest BCUT2D eigenvalue weighted by Gasteiger charge is 2.45. The Bertz CT molecular complexity index is 1200. The fourth-order valence-corrected chi connectivity index (χ4v) is 4.79. The Morgan fingerprint density at radius 3 is 2.78 bits per heavy atom. The van der Waals surface area contributed by atoms with Gasteiger partial charge in [-0.2, -0.15) is 0 Å². The summed E-state index contributed by atoms with van der Waals surface area (Å²) in [6.07, 6.45) is -0.00657. The van der Waals surface area contributed by atoms with Crippen LogP contribution in [-0.2, 0) is 9.53 Å². The number of nitrogens with zero attached hydrogens (tertiary/aromatic N) is 1. The van der Waals surface area contributed by atoms with Gasteiger partial charge in [0.1, 0.15) is 0 Å². The van der Waals surface area contributed by atoms with Crippen LogP contribution in [0.5, 0.6) is 5.75 Å². The van der Waals surface area contributed by atoms with Gasteiger partial charge in [0.15, 0.2) is 22.9 Å². The molecule has 0 spiro atoms. The number of methoxy groups -OCH3 is 1. The molecule has 9 heteroatoms. The third kappa shape index (κ3) is 4.01. The number of furan rings is 1. The van der Waals surface area contributed by atoms with Crippen molar-refractivity contribution in [2.24, 2.45) is 0 Å². The van der Waals surface area contributed by atoms with E-state index < -0.39 is 23.5 Å². The molecular weight excluding hydrogens is 454 g/mol. The Morgan fingerprint density at radius 2 is 2.12 bits per heavy atom. The number of ketones is 1. The van der Waals surface area contributed by atoms with Gasteiger partial charge in [0.2, 0.25) is 5.78 Å². The van der Waals surface area contributed by atoms with Crippen LogP contribution in [0.1, 0.15) is 35.3 Å². The number of hydrogen-bond acceptors (Lipinski definition) is 7. The van der Waals surface area contributed by atoms with Gasteiger partial charge in [-0.25, -0.2) is 0 Å². The fraction of sp³-hybridized carbons (Fsp3) is 0.304. The molecule has 2 aromatic heterocycles. The van der Waals surface area contributed by atoms with E-state index in [2.05, 4.69) is 0 Å². The number of rotatable bonds is 8. The van der Waals surface area contributed by atoms with Crippen LogP contribution in [0.25, 0.3) is 11.0 Å². The molecule has 1 aliphatic heterocycles. The van der Waals surface area contributed by atoms with Crippen LogP contribution >= 0.6 is 22.9 Å². The van der Waals surface area contributed by atoms with Crippen molar-refractivity contribution in [1.29, 1.82) is 0 Å². The largest absolute Gasteiger partial charge is 0.503 e. The number of thiophene rings is 1. The molecule has 0 saturated heterocycles. The minimum atomic E-state index is -0.732. The number of ether oxygens (including phenoxy) is 2. The molecule has 32 heavy (non-hydrogen) atoms. The van der Waals surface area contributed by atoms with Crippen molar-refractivity contribution in [3.05, 3.63) is 62.7 Å². The fourth-order valence-electron chi connectivity index (χ4n) is 3.73. The van der Waals surface area contributed by atoms with Crippen molar-refractivity contribution in [3.63, 3.8) is 0 Å². The SMILES string of the molecule is COc1cc(Cl)cc2cc(C(=O)C3=C(O)C(=O)N(CCOC(C)C)C3c3cccs3)oc12. The number of halogens is 1.